The highest BCUT2D eigenvalue weighted by atomic mass is 16.5. The van der Waals surface area contributed by atoms with Crippen molar-refractivity contribution in [1.82, 2.24) is 10.4 Å². The first-order valence-corrected chi connectivity index (χ1v) is 8.18. The molecule has 0 aromatic heterocycles. The van der Waals surface area contributed by atoms with E-state index in [2.05, 4.69) is 6.92 Å². The SMILES string of the molecule is CC/C(=C\C=C(/CC)N(C)C)C(=O)C(C)/C=C(C)/C=C/C(=O)NO. The van der Waals surface area contributed by atoms with Crippen LogP contribution in [0.2, 0.25) is 0 Å². The zero-order valence-corrected chi connectivity index (χ0v) is 15.6. The van der Waals surface area contributed by atoms with Crippen molar-refractivity contribution in [2.24, 2.45) is 5.92 Å². The Kier molecular flexibility index (Phi) is 10.4. The van der Waals surface area contributed by atoms with E-state index in [9.17, 15) is 9.59 Å². The maximum atomic E-state index is 12.6. The third kappa shape index (κ3) is 7.92. The van der Waals surface area contributed by atoms with Crippen LogP contribution in [-0.2, 0) is 9.59 Å². The van der Waals surface area contributed by atoms with Crippen LogP contribution in [0.1, 0.15) is 40.5 Å². The molecule has 0 radical (unpaired) electrons. The van der Waals surface area contributed by atoms with Gasteiger partial charge in [-0.2, -0.15) is 0 Å². The van der Waals surface area contributed by atoms with Crippen LogP contribution in [0.4, 0.5) is 0 Å². The molecule has 0 aromatic carbocycles. The number of hydrogen-bond donors (Lipinski definition) is 2. The van der Waals surface area contributed by atoms with Gasteiger partial charge in [0.2, 0.25) is 0 Å². The van der Waals surface area contributed by atoms with Gasteiger partial charge in [-0.15, -0.1) is 0 Å². The van der Waals surface area contributed by atoms with Gasteiger partial charge in [0, 0.05) is 31.8 Å². The molecule has 1 unspecified atom stereocenters. The van der Waals surface area contributed by atoms with Crippen molar-refractivity contribution in [3.8, 4) is 0 Å². The van der Waals surface area contributed by atoms with Crippen LogP contribution in [0.5, 0.6) is 0 Å². The Balaban J connectivity index is 5.20. The zero-order valence-electron chi connectivity index (χ0n) is 15.6. The minimum atomic E-state index is -0.600. The number of Topliss-reactive ketones (excluding diaryl/α,β-unsaturated/α-hetero) is 1. The normalized spacial score (nSPS) is 14.7. The van der Waals surface area contributed by atoms with Crippen LogP contribution in [0.15, 0.2) is 47.2 Å². The molecule has 0 saturated heterocycles. The third-order valence-electron chi connectivity index (χ3n) is 3.65. The second kappa shape index (κ2) is 11.4. The lowest BCUT2D eigenvalue weighted by Crippen LogP contribution is -2.15. The fourth-order valence-corrected chi connectivity index (χ4v) is 2.22. The largest absolute Gasteiger partial charge is 0.381 e. The number of carbonyl (C=O) groups is 2. The number of hydrogen-bond acceptors (Lipinski definition) is 4. The molecule has 0 spiro atoms. The van der Waals surface area contributed by atoms with Gasteiger partial charge in [-0.1, -0.05) is 44.6 Å². The van der Waals surface area contributed by atoms with Crippen molar-refractivity contribution in [1.29, 1.82) is 0 Å². The van der Waals surface area contributed by atoms with Gasteiger partial charge in [0.1, 0.15) is 0 Å². The maximum Gasteiger partial charge on any atom is 0.267 e. The van der Waals surface area contributed by atoms with Gasteiger partial charge in [-0.3, -0.25) is 14.8 Å². The third-order valence-corrected chi connectivity index (χ3v) is 3.65. The van der Waals surface area contributed by atoms with Crippen molar-refractivity contribution in [3.63, 3.8) is 0 Å². The molecule has 0 saturated carbocycles. The second-order valence-electron chi connectivity index (χ2n) is 5.82. The average Bonchev–Trinajstić information content (AvgIpc) is 2.55. The first-order chi connectivity index (χ1) is 11.3. The molecule has 0 aliphatic heterocycles. The monoisotopic (exact) mass is 334 g/mol. The van der Waals surface area contributed by atoms with Crippen molar-refractivity contribution >= 4 is 11.7 Å². The van der Waals surface area contributed by atoms with Crippen LogP contribution in [0, 0.1) is 5.92 Å². The first-order valence-electron chi connectivity index (χ1n) is 8.18. The van der Waals surface area contributed by atoms with Gasteiger partial charge in [0.25, 0.3) is 5.91 Å². The molecule has 0 rings (SSSR count). The highest BCUT2D eigenvalue weighted by molar-refractivity contribution is 5.98. The molecule has 24 heavy (non-hydrogen) atoms. The molecular formula is C19H30N2O3. The molecule has 5 nitrogen and oxygen atoms in total. The van der Waals surface area contributed by atoms with Gasteiger partial charge < -0.3 is 4.90 Å². The predicted molar refractivity (Wildman–Crippen MR) is 97.4 cm³/mol. The number of allylic oxidation sites excluding steroid dienone is 7. The van der Waals surface area contributed by atoms with Gasteiger partial charge in [-0.05, 0) is 31.4 Å². The first kappa shape index (κ1) is 21.9. The van der Waals surface area contributed by atoms with E-state index in [-0.39, 0.29) is 11.7 Å². The quantitative estimate of drug-likeness (QED) is 0.293. The zero-order chi connectivity index (χ0) is 18.7. The summed E-state index contributed by atoms with van der Waals surface area (Å²) < 4.78 is 0. The molecule has 0 bridgehead atoms. The Hall–Kier alpha value is -2.14. The summed E-state index contributed by atoms with van der Waals surface area (Å²) in [6.07, 6.45) is 10.0. The van der Waals surface area contributed by atoms with Crippen LogP contribution >= 0.6 is 0 Å². The van der Waals surface area contributed by atoms with Crippen molar-refractivity contribution in [3.05, 3.63) is 47.2 Å². The maximum absolute atomic E-state index is 12.6. The molecule has 1 atom stereocenters. The number of carbonyl (C=O) groups excluding carboxylic acids is 2. The standard InChI is InChI=1S/C19H30N2O3/c1-7-16(10-11-17(8-2)21(5)6)19(23)15(4)13-14(3)9-12-18(22)20-24/h9-13,15,24H,7-8H2,1-6H3,(H,20,22)/b12-9+,14-13+,16-10+,17-11+. The van der Waals surface area contributed by atoms with Crippen LogP contribution in [-0.4, -0.2) is 35.9 Å². The van der Waals surface area contributed by atoms with Gasteiger partial charge in [0.15, 0.2) is 5.78 Å². The molecule has 2 N–H and O–H groups in total. The van der Waals surface area contributed by atoms with E-state index in [0.717, 1.165) is 23.3 Å². The Morgan fingerprint density at radius 1 is 1.12 bits per heavy atom. The Bertz CT molecular complexity index is 555. The van der Waals surface area contributed by atoms with E-state index in [1.54, 1.807) is 13.0 Å². The number of ketones is 1. The van der Waals surface area contributed by atoms with Crippen molar-refractivity contribution < 1.29 is 14.8 Å². The molecule has 5 heteroatoms. The van der Waals surface area contributed by atoms with E-state index in [0.29, 0.717) is 6.42 Å². The number of nitrogens with zero attached hydrogens (tertiary/aromatic N) is 1. The van der Waals surface area contributed by atoms with E-state index in [1.807, 2.05) is 51.1 Å². The van der Waals surface area contributed by atoms with E-state index in [4.69, 9.17) is 5.21 Å². The highest BCUT2D eigenvalue weighted by Gasteiger charge is 2.14. The average molecular weight is 334 g/mol. The Morgan fingerprint density at radius 3 is 2.21 bits per heavy atom. The van der Waals surface area contributed by atoms with Gasteiger partial charge in [-0.25, -0.2) is 5.48 Å². The van der Waals surface area contributed by atoms with Crippen LogP contribution in [0.3, 0.4) is 0 Å². The molecule has 0 aliphatic rings. The van der Waals surface area contributed by atoms with Gasteiger partial charge >= 0.3 is 0 Å². The fraction of sp³-hybridized carbons (Fsp3) is 0.474. The topological polar surface area (TPSA) is 69.6 Å². The molecule has 0 aliphatic carbocycles. The highest BCUT2D eigenvalue weighted by Crippen LogP contribution is 2.15. The summed E-state index contributed by atoms with van der Waals surface area (Å²) in [5, 5.41) is 8.44. The van der Waals surface area contributed by atoms with Crippen LogP contribution in [0.25, 0.3) is 0 Å². The van der Waals surface area contributed by atoms with Crippen LogP contribution < -0.4 is 5.48 Å². The summed E-state index contributed by atoms with van der Waals surface area (Å²) in [5.41, 5.74) is 4.24. The number of rotatable bonds is 9. The number of amides is 1. The Morgan fingerprint density at radius 2 is 1.75 bits per heavy atom. The van der Waals surface area contributed by atoms with E-state index >= 15 is 0 Å². The number of nitrogens with one attached hydrogen (secondary N) is 1. The number of hydroxylamine groups is 1. The summed E-state index contributed by atoms with van der Waals surface area (Å²) in [4.78, 5) is 25.6. The minimum absolute atomic E-state index is 0.0716. The minimum Gasteiger partial charge on any atom is -0.381 e. The molecular weight excluding hydrogens is 304 g/mol. The lowest BCUT2D eigenvalue weighted by atomic mass is 9.95. The fourth-order valence-electron chi connectivity index (χ4n) is 2.22. The summed E-state index contributed by atoms with van der Waals surface area (Å²) >= 11 is 0. The Labute approximate surface area is 145 Å². The lowest BCUT2D eigenvalue weighted by molar-refractivity contribution is -0.124. The second-order valence-corrected chi connectivity index (χ2v) is 5.82. The molecule has 0 heterocycles. The van der Waals surface area contributed by atoms with Gasteiger partial charge in [0.05, 0.1) is 0 Å². The summed E-state index contributed by atoms with van der Waals surface area (Å²) in [5.74, 6) is -0.810. The van der Waals surface area contributed by atoms with Crippen molar-refractivity contribution in [2.45, 2.75) is 40.5 Å². The van der Waals surface area contributed by atoms with E-state index < -0.39 is 5.91 Å². The summed E-state index contributed by atoms with van der Waals surface area (Å²) in [7, 11) is 3.97. The van der Waals surface area contributed by atoms with E-state index in [1.165, 1.54) is 11.6 Å². The molecule has 134 valence electrons. The molecule has 0 fully saturated rings. The lowest BCUT2D eigenvalue weighted by Gasteiger charge is -2.15. The molecule has 0 aromatic rings. The smallest absolute Gasteiger partial charge is 0.267 e. The summed E-state index contributed by atoms with van der Waals surface area (Å²) in [6.45, 7) is 7.69. The predicted octanol–water partition coefficient (Wildman–Crippen LogP) is 3.39. The summed E-state index contributed by atoms with van der Waals surface area (Å²) in [6, 6.07) is 0. The molecule has 1 amide bonds. The van der Waals surface area contributed by atoms with Crippen molar-refractivity contribution in [2.75, 3.05) is 14.1 Å².